The number of fused-ring (bicyclic) bond motifs is 1. The number of carbonyl (C=O) groups excluding carboxylic acids is 1. The van der Waals surface area contributed by atoms with Crippen molar-refractivity contribution in [1.29, 1.82) is 0 Å². The minimum absolute atomic E-state index is 0.0402. The summed E-state index contributed by atoms with van der Waals surface area (Å²) in [5.74, 6) is 3.11. The topological polar surface area (TPSA) is 89.1 Å². The predicted molar refractivity (Wildman–Crippen MR) is 107 cm³/mol. The molecule has 2 aromatic rings. The van der Waals surface area contributed by atoms with Crippen LogP contribution in [0.25, 0.3) is 0 Å². The van der Waals surface area contributed by atoms with Crippen molar-refractivity contribution in [3.8, 4) is 0 Å². The first kappa shape index (κ1) is 18.8. The molecule has 4 heterocycles. The van der Waals surface area contributed by atoms with Crippen LogP contribution in [0.4, 0.5) is 0 Å². The van der Waals surface area contributed by atoms with Gasteiger partial charge in [0, 0.05) is 57.0 Å². The summed E-state index contributed by atoms with van der Waals surface area (Å²) >= 11 is 0. The van der Waals surface area contributed by atoms with E-state index < -0.39 is 0 Å². The van der Waals surface area contributed by atoms with Crippen LogP contribution in [-0.4, -0.2) is 56.9 Å². The van der Waals surface area contributed by atoms with Gasteiger partial charge in [-0.2, -0.15) is 0 Å². The number of piperidine rings is 1. The minimum Gasteiger partial charge on any atom is -0.351 e. The lowest BCUT2D eigenvalue weighted by Crippen LogP contribution is -2.39. The number of hydrogen-bond donors (Lipinski definition) is 1. The van der Waals surface area contributed by atoms with Gasteiger partial charge in [-0.1, -0.05) is 24.4 Å². The summed E-state index contributed by atoms with van der Waals surface area (Å²) in [5.41, 5.74) is 0.955. The van der Waals surface area contributed by atoms with Gasteiger partial charge in [0.25, 0.3) is 5.91 Å². The van der Waals surface area contributed by atoms with E-state index in [-0.39, 0.29) is 11.8 Å². The third-order valence-corrected chi connectivity index (χ3v) is 6.73. The molecule has 3 aliphatic rings. The molecule has 1 N–H and O–H groups in total. The zero-order valence-corrected chi connectivity index (χ0v) is 17.0. The molecular formula is C21H30N6O2. The zero-order valence-electron chi connectivity index (χ0n) is 17.0. The van der Waals surface area contributed by atoms with Gasteiger partial charge in [0.2, 0.25) is 5.76 Å². The summed E-state index contributed by atoms with van der Waals surface area (Å²) in [6.45, 7) is 4.22. The Kier molecular flexibility index (Phi) is 5.35. The summed E-state index contributed by atoms with van der Waals surface area (Å²) in [6.07, 6.45) is 9.01. The molecule has 29 heavy (non-hydrogen) atoms. The predicted octanol–water partition coefficient (Wildman–Crippen LogP) is 2.48. The molecule has 2 aliphatic heterocycles. The number of aromatic nitrogens is 4. The Morgan fingerprint density at radius 3 is 2.79 bits per heavy atom. The Hall–Kier alpha value is -2.22. The second kappa shape index (κ2) is 8.26. The smallest absolute Gasteiger partial charge is 0.292 e. The Balaban J connectivity index is 1.29. The van der Waals surface area contributed by atoms with Crippen molar-refractivity contribution in [1.82, 2.24) is 30.1 Å². The van der Waals surface area contributed by atoms with Gasteiger partial charge >= 0.3 is 0 Å². The molecule has 2 aromatic heterocycles. The maximum Gasteiger partial charge on any atom is 0.292 e. The molecule has 1 amide bonds. The van der Waals surface area contributed by atoms with Gasteiger partial charge in [0.1, 0.15) is 11.6 Å². The van der Waals surface area contributed by atoms with Gasteiger partial charge < -0.3 is 19.3 Å². The Morgan fingerprint density at radius 1 is 1.03 bits per heavy atom. The van der Waals surface area contributed by atoms with Crippen LogP contribution in [0.3, 0.4) is 0 Å². The first-order valence-electron chi connectivity index (χ1n) is 11.2. The van der Waals surface area contributed by atoms with Crippen molar-refractivity contribution in [3.05, 3.63) is 29.2 Å². The zero-order chi connectivity index (χ0) is 19.6. The average molecular weight is 399 g/mol. The molecule has 5 rings (SSSR count). The molecule has 1 saturated carbocycles. The molecule has 1 saturated heterocycles. The second-order valence-electron chi connectivity index (χ2n) is 8.67. The number of nitrogens with zero attached hydrogens (tertiary/aromatic N) is 5. The van der Waals surface area contributed by atoms with Crippen LogP contribution >= 0.6 is 0 Å². The lowest BCUT2D eigenvalue weighted by molar-refractivity contribution is 0.0661. The number of hydrogen-bond acceptors (Lipinski definition) is 6. The SMILES string of the molecule is O=C(c1cc(C2CCCCC2)no1)N1CCC[C@H](c2nnc3n2CCNCC3)C1. The van der Waals surface area contributed by atoms with Crippen LogP contribution in [0.2, 0.25) is 0 Å². The molecule has 0 spiro atoms. The van der Waals surface area contributed by atoms with Crippen molar-refractivity contribution in [2.45, 2.75) is 69.7 Å². The van der Waals surface area contributed by atoms with E-state index in [0.29, 0.717) is 18.2 Å². The van der Waals surface area contributed by atoms with E-state index in [2.05, 4.69) is 25.2 Å². The summed E-state index contributed by atoms with van der Waals surface area (Å²) in [6, 6.07) is 1.89. The Morgan fingerprint density at radius 2 is 1.90 bits per heavy atom. The van der Waals surface area contributed by atoms with E-state index in [1.54, 1.807) is 0 Å². The van der Waals surface area contributed by atoms with Crippen LogP contribution in [0.5, 0.6) is 0 Å². The molecule has 1 aliphatic carbocycles. The molecule has 8 heteroatoms. The van der Waals surface area contributed by atoms with E-state index >= 15 is 0 Å². The van der Waals surface area contributed by atoms with Gasteiger partial charge in [-0.3, -0.25) is 4.79 Å². The fourth-order valence-electron chi connectivity index (χ4n) is 5.10. The molecular weight excluding hydrogens is 368 g/mol. The van der Waals surface area contributed by atoms with E-state index in [9.17, 15) is 4.79 Å². The minimum atomic E-state index is -0.0402. The standard InChI is InChI=1S/C21H30N6O2/c28-21(18-13-17(25-29-18)15-5-2-1-3-6-15)26-11-4-7-16(14-26)20-24-23-19-8-9-22-10-12-27(19)20/h13,15-16,22H,1-12,14H2/t16-/m0/s1. The third-order valence-electron chi connectivity index (χ3n) is 6.73. The quantitative estimate of drug-likeness (QED) is 0.854. The van der Waals surface area contributed by atoms with Gasteiger partial charge in [-0.15, -0.1) is 10.2 Å². The number of carbonyl (C=O) groups is 1. The van der Waals surface area contributed by atoms with E-state index in [0.717, 1.165) is 75.6 Å². The van der Waals surface area contributed by atoms with Crippen molar-refractivity contribution >= 4 is 5.91 Å². The summed E-state index contributed by atoms with van der Waals surface area (Å²) in [4.78, 5) is 15.0. The van der Waals surface area contributed by atoms with Crippen LogP contribution in [0.15, 0.2) is 10.6 Å². The maximum absolute atomic E-state index is 13.1. The third kappa shape index (κ3) is 3.82. The molecule has 0 radical (unpaired) electrons. The van der Waals surface area contributed by atoms with Crippen LogP contribution < -0.4 is 5.32 Å². The Bertz CT molecular complexity index is 853. The Labute approximate surface area is 171 Å². The number of nitrogens with one attached hydrogen (secondary N) is 1. The molecule has 1 atom stereocenters. The lowest BCUT2D eigenvalue weighted by atomic mass is 9.87. The van der Waals surface area contributed by atoms with Crippen LogP contribution in [0.1, 0.15) is 84.7 Å². The molecule has 8 nitrogen and oxygen atoms in total. The van der Waals surface area contributed by atoms with E-state index in [4.69, 9.17) is 4.52 Å². The molecule has 0 aromatic carbocycles. The van der Waals surface area contributed by atoms with Crippen LogP contribution in [-0.2, 0) is 13.0 Å². The number of likely N-dealkylation sites (tertiary alicyclic amines) is 1. The number of rotatable bonds is 3. The molecule has 156 valence electrons. The second-order valence-corrected chi connectivity index (χ2v) is 8.67. The highest BCUT2D eigenvalue weighted by molar-refractivity contribution is 5.91. The molecule has 0 unspecified atom stereocenters. The summed E-state index contributed by atoms with van der Waals surface area (Å²) in [5, 5.41) is 16.6. The summed E-state index contributed by atoms with van der Waals surface area (Å²) < 4.78 is 7.74. The fraction of sp³-hybridized carbons (Fsp3) is 0.714. The molecule has 0 bridgehead atoms. The van der Waals surface area contributed by atoms with Crippen molar-refractivity contribution in [3.63, 3.8) is 0 Å². The van der Waals surface area contributed by atoms with Crippen LogP contribution in [0, 0.1) is 0 Å². The van der Waals surface area contributed by atoms with Gasteiger partial charge in [0.05, 0.1) is 5.69 Å². The monoisotopic (exact) mass is 398 g/mol. The highest BCUT2D eigenvalue weighted by Gasteiger charge is 2.32. The van der Waals surface area contributed by atoms with E-state index in [1.807, 2.05) is 11.0 Å². The molecule has 2 fully saturated rings. The highest BCUT2D eigenvalue weighted by atomic mass is 16.5. The van der Waals surface area contributed by atoms with Gasteiger partial charge in [-0.05, 0) is 25.7 Å². The normalized spacial score (nSPS) is 23.6. The largest absolute Gasteiger partial charge is 0.351 e. The van der Waals surface area contributed by atoms with Gasteiger partial charge in [0.15, 0.2) is 0 Å². The fourth-order valence-corrected chi connectivity index (χ4v) is 5.10. The first-order valence-corrected chi connectivity index (χ1v) is 11.2. The average Bonchev–Trinajstić information content (AvgIpc) is 3.36. The van der Waals surface area contributed by atoms with Gasteiger partial charge in [-0.25, -0.2) is 0 Å². The van der Waals surface area contributed by atoms with Crippen molar-refractivity contribution < 1.29 is 9.32 Å². The maximum atomic E-state index is 13.1. The summed E-state index contributed by atoms with van der Waals surface area (Å²) in [7, 11) is 0. The van der Waals surface area contributed by atoms with Crippen molar-refractivity contribution in [2.75, 3.05) is 26.2 Å². The van der Waals surface area contributed by atoms with E-state index in [1.165, 1.54) is 19.3 Å². The lowest BCUT2D eigenvalue weighted by Gasteiger charge is -2.31. The highest BCUT2D eigenvalue weighted by Crippen LogP contribution is 2.33. The van der Waals surface area contributed by atoms with Crippen molar-refractivity contribution in [2.24, 2.45) is 0 Å². The first-order chi connectivity index (χ1) is 14.3. The number of amides is 1.